The maximum atomic E-state index is 2.43. The van der Waals surface area contributed by atoms with Gasteiger partial charge in [-0.2, -0.15) is 0 Å². The first-order chi connectivity index (χ1) is 12.5. The summed E-state index contributed by atoms with van der Waals surface area (Å²) in [6.07, 6.45) is 0. The predicted octanol–water partition coefficient (Wildman–Crippen LogP) is 6.84. The Hall–Kier alpha value is -2.64. The van der Waals surface area contributed by atoms with Crippen LogP contribution in [-0.4, -0.2) is 8.07 Å². The lowest BCUT2D eigenvalue weighted by molar-refractivity contribution is 1.73. The van der Waals surface area contributed by atoms with Crippen LogP contribution in [0.25, 0.3) is 43.1 Å². The number of benzene rings is 5. The molecule has 5 aromatic rings. The Kier molecular flexibility index (Phi) is 3.25. The fourth-order valence-corrected chi connectivity index (χ4v) is 5.75. The third-order valence-electron chi connectivity index (χ3n) is 5.47. The first-order valence-corrected chi connectivity index (χ1v) is 12.8. The molecular formula is C25H22Si. The topological polar surface area (TPSA) is 0 Å². The van der Waals surface area contributed by atoms with Crippen LogP contribution in [0, 0.1) is 0 Å². The summed E-state index contributed by atoms with van der Waals surface area (Å²) in [5.41, 5.74) is 0. The standard InChI is InChI=1S/C25H22Si/c1-26(2,3)25-10-6-9-19-13-22-14-20-11-17-7-4-5-8-18(17)12-21(20)15-23(22)16-24(19)25/h4-16H,1-3H3. The van der Waals surface area contributed by atoms with E-state index in [2.05, 4.69) is 98.5 Å². The second kappa shape index (κ2) is 5.42. The zero-order valence-electron chi connectivity index (χ0n) is 15.5. The van der Waals surface area contributed by atoms with Gasteiger partial charge in [0, 0.05) is 0 Å². The molecule has 0 atom stereocenters. The molecule has 0 N–H and O–H groups in total. The van der Waals surface area contributed by atoms with Crippen molar-refractivity contribution in [2.24, 2.45) is 0 Å². The number of fused-ring (bicyclic) bond motifs is 4. The zero-order chi connectivity index (χ0) is 17.9. The Morgan fingerprint density at radius 3 is 1.50 bits per heavy atom. The molecule has 0 fully saturated rings. The molecule has 0 amide bonds. The second-order valence-corrected chi connectivity index (χ2v) is 13.4. The van der Waals surface area contributed by atoms with E-state index >= 15 is 0 Å². The van der Waals surface area contributed by atoms with Crippen LogP contribution in [0.1, 0.15) is 0 Å². The van der Waals surface area contributed by atoms with Crippen LogP contribution in [-0.2, 0) is 0 Å². The van der Waals surface area contributed by atoms with Gasteiger partial charge in [0.25, 0.3) is 0 Å². The fraction of sp³-hybridized carbons (Fsp3) is 0.120. The Bertz CT molecular complexity index is 1310. The maximum absolute atomic E-state index is 2.43. The Labute approximate surface area is 155 Å². The molecule has 0 radical (unpaired) electrons. The van der Waals surface area contributed by atoms with Gasteiger partial charge in [0.05, 0.1) is 8.07 Å². The molecule has 0 saturated heterocycles. The minimum absolute atomic E-state index is 1.31. The molecule has 5 aromatic carbocycles. The smallest absolute Gasteiger partial charge is 0.0656 e. The molecule has 0 aliphatic rings. The highest BCUT2D eigenvalue weighted by atomic mass is 28.3. The highest BCUT2D eigenvalue weighted by Crippen LogP contribution is 2.30. The molecular weight excluding hydrogens is 328 g/mol. The van der Waals surface area contributed by atoms with E-state index < -0.39 is 8.07 Å². The van der Waals surface area contributed by atoms with Crippen molar-refractivity contribution in [2.45, 2.75) is 19.6 Å². The van der Waals surface area contributed by atoms with Crippen molar-refractivity contribution in [3.05, 3.63) is 78.9 Å². The van der Waals surface area contributed by atoms with Gasteiger partial charge < -0.3 is 0 Å². The van der Waals surface area contributed by atoms with E-state index in [0.29, 0.717) is 0 Å². The van der Waals surface area contributed by atoms with Gasteiger partial charge >= 0.3 is 0 Å². The molecule has 0 bridgehead atoms. The van der Waals surface area contributed by atoms with Gasteiger partial charge in [0.1, 0.15) is 0 Å². The molecule has 0 spiro atoms. The number of rotatable bonds is 1. The Morgan fingerprint density at radius 2 is 0.923 bits per heavy atom. The van der Waals surface area contributed by atoms with Crippen molar-refractivity contribution < 1.29 is 0 Å². The van der Waals surface area contributed by atoms with Crippen LogP contribution in [0.2, 0.25) is 19.6 Å². The molecule has 26 heavy (non-hydrogen) atoms. The van der Waals surface area contributed by atoms with E-state index in [9.17, 15) is 0 Å². The van der Waals surface area contributed by atoms with Gasteiger partial charge in [-0.1, -0.05) is 67.3 Å². The minimum Gasteiger partial charge on any atom is -0.0656 e. The van der Waals surface area contributed by atoms with E-state index in [4.69, 9.17) is 0 Å². The quantitative estimate of drug-likeness (QED) is 0.229. The van der Waals surface area contributed by atoms with Crippen molar-refractivity contribution in [3.8, 4) is 0 Å². The summed E-state index contributed by atoms with van der Waals surface area (Å²) in [5, 5.41) is 12.3. The average Bonchev–Trinajstić information content (AvgIpc) is 2.61. The van der Waals surface area contributed by atoms with Crippen molar-refractivity contribution in [3.63, 3.8) is 0 Å². The molecule has 0 nitrogen and oxygen atoms in total. The Morgan fingerprint density at radius 1 is 0.462 bits per heavy atom. The van der Waals surface area contributed by atoms with E-state index in [1.807, 2.05) is 0 Å². The lowest BCUT2D eigenvalue weighted by Gasteiger charge is -2.19. The van der Waals surface area contributed by atoms with Gasteiger partial charge in [0.2, 0.25) is 0 Å². The van der Waals surface area contributed by atoms with Crippen molar-refractivity contribution in [2.75, 3.05) is 0 Å². The molecule has 0 aliphatic carbocycles. The molecule has 5 rings (SSSR count). The molecule has 126 valence electrons. The number of hydrogen-bond acceptors (Lipinski definition) is 0. The highest BCUT2D eigenvalue weighted by molar-refractivity contribution is 6.90. The lowest BCUT2D eigenvalue weighted by atomic mass is 9.97. The van der Waals surface area contributed by atoms with E-state index in [0.717, 1.165) is 0 Å². The maximum Gasteiger partial charge on any atom is 0.0784 e. The van der Waals surface area contributed by atoms with E-state index in [-0.39, 0.29) is 0 Å². The summed E-state index contributed by atoms with van der Waals surface area (Å²) in [4.78, 5) is 0. The van der Waals surface area contributed by atoms with Crippen molar-refractivity contribution in [1.82, 2.24) is 0 Å². The van der Waals surface area contributed by atoms with Crippen LogP contribution in [0.5, 0.6) is 0 Å². The average molecular weight is 351 g/mol. The van der Waals surface area contributed by atoms with Gasteiger partial charge in [-0.15, -0.1) is 0 Å². The van der Waals surface area contributed by atoms with Crippen LogP contribution < -0.4 is 5.19 Å². The summed E-state index contributed by atoms with van der Waals surface area (Å²) >= 11 is 0. The first-order valence-electron chi connectivity index (χ1n) is 9.29. The molecule has 0 saturated carbocycles. The summed E-state index contributed by atoms with van der Waals surface area (Å²) < 4.78 is 0. The summed E-state index contributed by atoms with van der Waals surface area (Å²) in [5.74, 6) is 0. The highest BCUT2D eigenvalue weighted by Gasteiger charge is 2.19. The molecule has 0 heterocycles. The van der Waals surface area contributed by atoms with Gasteiger partial charge in [-0.25, -0.2) is 0 Å². The molecule has 1 heteroatoms. The van der Waals surface area contributed by atoms with Crippen LogP contribution in [0.15, 0.2) is 78.9 Å². The van der Waals surface area contributed by atoms with Gasteiger partial charge in [-0.05, 0) is 79.5 Å². The molecule has 0 unspecified atom stereocenters. The van der Waals surface area contributed by atoms with Crippen molar-refractivity contribution >= 4 is 56.4 Å². The largest absolute Gasteiger partial charge is 0.0784 e. The summed E-state index contributed by atoms with van der Waals surface area (Å²) in [6.45, 7) is 7.29. The van der Waals surface area contributed by atoms with Crippen LogP contribution in [0.3, 0.4) is 0 Å². The normalized spacial score (nSPS) is 12.4. The predicted molar refractivity (Wildman–Crippen MR) is 119 cm³/mol. The van der Waals surface area contributed by atoms with Crippen LogP contribution in [0.4, 0.5) is 0 Å². The monoisotopic (exact) mass is 350 g/mol. The van der Waals surface area contributed by atoms with Gasteiger partial charge in [-0.3, -0.25) is 0 Å². The number of hydrogen-bond donors (Lipinski definition) is 0. The first kappa shape index (κ1) is 15.6. The van der Waals surface area contributed by atoms with E-state index in [1.54, 1.807) is 5.19 Å². The fourth-order valence-electron chi connectivity index (χ4n) is 4.12. The third kappa shape index (κ3) is 2.43. The summed E-state index contributed by atoms with van der Waals surface area (Å²) in [6, 6.07) is 29.5. The third-order valence-corrected chi connectivity index (χ3v) is 7.52. The van der Waals surface area contributed by atoms with Crippen LogP contribution >= 0.6 is 0 Å². The molecule has 0 aromatic heterocycles. The lowest BCUT2D eigenvalue weighted by Crippen LogP contribution is -2.37. The van der Waals surface area contributed by atoms with Gasteiger partial charge in [0.15, 0.2) is 0 Å². The Balaban J connectivity index is 1.87. The van der Waals surface area contributed by atoms with Crippen molar-refractivity contribution in [1.29, 1.82) is 0 Å². The zero-order valence-corrected chi connectivity index (χ0v) is 16.5. The minimum atomic E-state index is -1.38. The SMILES string of the molecule is C[Si](C)(C)c1cccc2cc3cc4cc5ccccc5cc4cc3cc12. The second-order valence-electron chi connectivity index (χ2n) is 8.37. The summed E-state index contributed by atoms with van der Waals surface area (Å²) in [7, 11) is -1.38. The van der Waals surface area contributed by atoms with E-state index in [1.165, 1.54) is 43.1 Å². The molecule has 0 aliphatic heterocycles.